The van der Waals surface area contributed by atoms with Crippen LogP contribution in [0, 0.1) is 0 Å². The van der Waals surface area contributed by atoms with E-state index in [0.717, 1.165) is 16.5 Å². The number of amides is 1. The van der Waals surface area contributed by atoms with Crippen LogP contribution in [0.4, 0.5) is 0 Å². The van der Waals surface area contributed by atoms with Crippen molar-refractivity contribution in [3.63, 3.8) is 0 Å². The van der Waals surface area contributed by atoms with Crippen LogP contribution < -0.4 is 14.9 Å². The van der Waals surface area contributed by atoms with Crippen LogP contribution in [0.3, 0.4) is 0 Å². The molecule has 1 N–H and O–H groups in total. The second-order valence-corrected chi connectivity index (χ2v) is 5.48. The van der Waals surface area contributed by atoms with Gasteiger partial charge in [0.15, 0.2) is 0 Å². The van der Waals surface area contributed by atoms with E-state index < -0.39 is 0 Å². The summed E-state index contributed by atoms with van der Waals surface area (Å²) in [7, 11) is 5.04. The third-order valence-corrected chi connectivity index (χ3v) is 3.95. The van der Waals surface area contributed by atoms with E-state index in [0.29, 0.717) is 17.1 Å². The molecule has 1 amide bonds. The number of nitrogens with zero attached hydrogens (tertiary/aromatic N) is 2. The van der Waals surface area contributed by atoms with Gasteiger partial charge in [-0.15, -0.1) is 0 Å². The van der Waals surface area contributed by atoms with Gasteiger partial charge >= 0.3 is 0 Å². The third kappa shape index (κ3) is 3.33. The van der Waals surface area contributed by atoms with Gasteiger partial charge in [-0.05, 0) is 18.2 Å². The predicted molar refractivity (Wildman–Crippen MR) is 97.5 cm³/mol. The number of ether oxygens (including phenoxy) is 2. The minimum atomic E-state index is -0.351. The highest BCUT2D eigenvalue weighted by Gasteiger charge is 2.12. The molecule has 0 saturated heterocycles. The Bertz CT molecular complexity index is 944. The second-order valence-electron chi connectivity index (χ2n) is 5.48. The number of aromatic nitrogens is 1. The molecule has 0 aliphatic heterocycles. The lowest BCUT2D eigenvalue weighted by Gasteiger charge is -2.08. The summed E-state index contributed by atoms with van der Waals surface area (Å²) >= 11 is 0. The summed E-state index contributed by atoms with van der Waals surface area (Å²) in [6.07, 6.45) is 3.60. The molecule has 0 radical (unpaired) electrons. The molecule has 128 valence electrons. The molecule has 0 aliphatic rings. The summed E-state index contributed by atoms with van der Waals surface area (Å²) in [4.78, 5) is 12.3. The minimum Gasteiger partial charge on any atom is -0.497 e. The molecular weight excluding hydrogens is 318 g/mol. The highest BCUT2D eigenvalue weighted by Crippen LogP contribution is 2.24. The molecule has 0 atom stereocenters. The topological polar surface area (TPSA) is 64.8 Å². The lowest BCUT2D eigenvalue weighted by molar-refractivity contribution is 0.0952. The molecule has 2 aromatic carbocycles. The summed E-state index contributed by atoms with van der Waals surface area (Å²) in [5.41, 5.74) is 4.96. The summed E-state index contributed by atoms with van der Waals surface area (Å²) in [5, 5.41) is 5.15. The fourth-order valence-electron chi connectivity index (χ4n) is 2.68. The lowest BCUT2D eigenvalue weighted by Crippen LogP contribution is -2.18. The molecule has 0 aliphatic carbocycles. The third-order valence-electron chi connectivity index (χ3n) is 3.95. The fourth-order valence-corrected chi connectivity index (χ4v) is 2.68. The number of nitrogens with one attached hydrogen (secondary N) is 1. The standard InChI is InChI=1S/C19H19N3O3/c1-22-12-13(15-6-4-5-7-17(15)22)11-20-21-19(23)16-9-8-14(24-2)10-18(16)25-3/h4-12H,1-3H3,(H,21,23)/b20-11-. The first-order chi connectivity index (χ1) is 12.1. The van der Waals surface area contributed by atoms with Crippen LogP contribution in [-0.4, -0.2) is 30.9 Å². The number of carbonyl (C=O) groups is 1. The average molecular weight is 337 g/mol. The molecule has 0 fully saturated rings. The maximum absolute atomic E-state index is 12.3. The monoisotopic (exact) mass is 337 g/mol. The Morgan fingerprint density at radius 1 is 1.16 bits per heavy atom. The zero-order valence-corrected chi connectivity index (χ0v) is 14.3. The maximum atomic E-state index is 12.3. The van der Waals surface area contributed by atoms with Gasteiger partial charge in [0.05, 0.1) is 26.0 Å². The average Bonchev–Trinajstić information content (AvgIpc) is 2.97. The van der Waals surface area contributed by atoms with Crippen molar-refractivity contribution in [3.05, 3.63) is 59.8 Å². The molecule has 1 aromatic heterocycles. The Morgan fingerprint density at radius 3 is 2.72 bits per heavy atom. The van der Waals surface area contributed by atoms with Crippen LogP contribution in [0.25, 0.3) is 10.9 Å². The molecule has 1 heterocycles. The van der Waals surface area contributed by atoms with Gasteiger partial charge in [0.1, 0.15) is 11.5 Å². The second kappa shape index (κ2) is 7.09. The molecule has 0 unspecified atom stereocenters. The normalized spacial score (nSPS) is 11.0. The molecule has 25 heavy (non-hydrogen) atoms. The van der Waals surface area contributed by atoms with E-state index in [9.17, 15) is 4.79 Å². The van der Waals surface area contributed by atoms with E-state index in [1.165, 1.54) is 7.11 Å². The number of para-hydroxylation sites is 1. The van der Waals surface area contributed by atoms with Crippen LogP contribution in [0.2, 0.25) is 0 Å². The number of hydrazone groups is 1. The smallest absolute Gasteiger partial charge is 0.275 e. The van der Waals surface area contributed by atoms with E-state index >= 15 is 0 Å². The van der Waals surface area contributed by atoms with E-state index in [-0.39, 0.29) is 5.91 Å². The number of fused-ring (bicyclic) bond motifs is 1. The van der Waals surface area contributed by atoms with Crippen molar-refractivity contribution in [2.45, 2.75) is 0 Å². The Kier molecular flexibility index (Phi) is 4.70. The van der Waals surface area contributed by atoms with Gasteiger partial charge in [0, 0.05) is 35.8 Å². The Balaban J connectivity index is 1.79. The summed E-state index contributed by atoms with van der Waals surface area (Å²) < 4.78 is 12.4. The van der Waals surface area contributed by atoms with Gasteiger partial charge in [-0.2, -0.15) is 5.10 Å². The van der Waals surface area contributed by atoms with E-state index in [4.69, 9.17) is 9.47 Å². The number of hydrogen-bond donors (Lipinski definition) is 1. The van der Waals surface area contributed by atoms with Crippen molar-refractivity contribution >= 4 is 23.0 Å². The molecule has 3 aromatic rings. The van der Waals surface area contributed by atoms with Crippen LogP contribution >= 0.6 is 0 Å². The van der Waals surface area contributed by atoms with E-state index in [1.54, 1.807) is 31.5 Å². The van der Waals surface area contributed by atoms with Crippen LogP contribution in [0.5, 0.6) is 11.5 Å². The summed E-state index contributed by atoms with van der Waals surface area (Å²) in [5.74, 6) is 0.695. The molecule has 3 rings (SSSR count). The van der Waals surface area contributed by atoms with Crippen molar-refractivity contribution in [3.8, 4) is 11.5 Å². The van der Waals surface area contributed by atoms with Crippen LogP contribution in [0.15, 0.2) is 53.8 Å². The first kappa shape index (κ1) is 16.6. The first-order valence-electron chi connectivity index (χ1n) is 7.73. The number of hydrogen-bond acceptors (Lipinski definition) is 4. The van der Waals surface area contributed by atoms with Crippen molar-refractivity contribution in [2.24, 2.45) is 12.1 Å². The largest absolute Gasteiger partial charge is 0.497 e. The Hall–Kier alpha value is -3.28. The summed E-state index contributed by atoms with van der Waals surface area (Å²) in [6, 6.07) is 13.0. The van der Waals surface area contributed by atoms with Gasteiger partial charge in [0.25, 0.3) is 5.91 Å². The zero-order chi connectivity index (χ0) is 17.8. The van der Waals surface area contributed by atoms with Gasteiger partial charge in [-0.3, -0.25) is 4.79 Å². The van der Waals surface area contributed by atoms with Crippen LogP contribution in [-0.2, 0) is 7.05 Å². The van der Waals surface area contributed by atoms with Crippen LogP contribution in [0.1, 0.15) is 15.9 Å². The number of methoxy groups -OCH3 is 2. The SMILES string of the molecule is COc1ccc(C(=O)N/N=C\c2cn(C)c3ccccc23)c(OC)c1. The van der Waals surface area contributed by atoms with E-state index in [2.05, 4.69) is 10.5 Å². The molecule has 6 nitrogen and oxygen atoms in total. The molecular formula is C19H19N3O3. The molecule has 0 bridgehead atoms. The van der Waals surface area contributed by atoms with Gasteiger partial charge in [-0.25, -0.2) is 5.43 Å². The highest BCUT2D eigenvalue weighted by atomic mass is 16.5. The number of carbonyl (C=O) groups excluding carboxylic acids is 1. The maximum Gasteiger partial charge on any atom is 0.275 e. The number of rotatable bonds is 5. The van der Waals surface area contributed by atoms with Gasteiger partial charge in [-0.1, -0.05) is 18.2 Å². The van der Waals surface area contributed by atoms with Crippen molar-refractivity contribution in [1.29, 1.82) is 0 Å². The zero-order valence-electron chi connectivity index (χ0n) is 14.3. The van der Waals surface area contributed by atoms with Crippen molar-refractivity contribution in [1.82, 2.24) is 9.99 Å². The molecule has 0 spiro atoms. The lowest BCUT2D eigenvalue weighted by atomic mass is 10.2. The first-order valence-corrected chi connectivity index (χ1v) is 7.73. The predicted octanol–water partition coefficient (Wildman–Crippen LogP) is 2.96. The van der Waals surface area contributed by atoms with E-state index in [1.807, 2.05) is 42.1 Å². The van der Waals surface area contributed by atoms with Gasteiger partial charge in [0.2, 0.25) is 0 Å². The highest BCUT2D eigenvalue weighted by molar-refractivity contribution is 6.01. The summed E-state index contributed by atoms with van der Waals surface area (Å²) in [6.45, 7) is 0. The molecule has 6 heteroatoms. The fraction of sp³-hybridized carbons (Fsp3) is 0.158. The number of benzene rings is 2. The molecule has 0 saturated carbocycles. The Morgan fingerprint density at radius 2 is 1.96 bits per heavy atom. The number of aryl methyl sites for hydroxylation is 1. The van der Waals surface area contributed by atoms with Gasteiger partial charge < -0.3 is 14.0 Å². The quantitative estimate of drug-likeness (QED) is 0.575. The Labute approximate surface area is 145 Å². The van der Waals surface area contributed by atoms with Crippen molar-refractivity contribution in [2.75, 3.05) is 14.2 Å². The van der Waals surface area contributed by atoms with Crippen molar-refractivity contribution < 1.29 is 14.3 Å². The minimum absolute atomic E-state index is 0.351.